The molecular formula is C29H24F3N3O. The predicted molar refractivity (Wildman–Crippen MR) is 134 cm³/mol. The fourth-order valence-electron chi connectivity index (χ4n) is 4.43. The normalized spacial score (nSPS) is 19.5. The third-order valence-electron chi connectivity index (χ3n) is 6.47. The number of nitrogens with zero attached hydrogens (tertiary/aromatic N) is 2. The third kappa shape index (κ3) is 4.72. The summed E-state index contributed by atoms with van der Waals surface area (Å²) in [4.78, 5) is 0. The number of alkyl halides is 3. The largest absolute Gasteiger partial charge is 0.491 e. The molecule has 2 unspecified atom stereocenters. The number of allylic oxidation sites excluding steroid dienone is 3. The fourth-order valence-corrected chi connectivity index (χ4v) is 4.43. The van der Waals surface area contributed by atoms with Crippen molar-refractivity contribution in [1.29, 1.82) is 0 Å². The molecule has 0 saturated carbocycles. The van der Waals surface area contributed by atoms with Crippen LogP contribution < -0.4 is 5.32 Å². The monoisotopic (exact) mass is 487 g/mol. The SMILES string of the molecule is CCC1=C(Nc2cccc(C(F)(F)F)c2)C2=C(OC1)C(C#Cc1ccc3cnncc3c1)C(C)C=C2. The van der Waals surface area contributed by atoms with E-state index in [0.717, 1.165) is 51.1 Å². The first-order valence-electron chi connectivity index (χ1n) is 11.8. The Balaban J connectivity index is 1.49. The van der Waals surface area contributed by atoms with Gasteiger partial charge in [0, 0.05) is 27.6 Å². The van der Waals surface area contributed by atoms with E-state index in [1.807, 2.05) is 31.2 Å². The van der Waals surface area contributed by atoms with E-state index in [0.29, 0.717) is 18.7 Å². The van der Waals surface area contributed by atoms with Crippen molar-refractivity contribution in [3.8, 4) is 11.8 Å². The number of ether oxygens (including phenoxy) is 1. The van der Waals surface area contributed by atoms with Crippen molar-refractivity contribution in [2.45, 2.75) is 26.4 Å². The quantitative estimate of drug-likeness (QED) is 0.409. The van der Waals surface area contributed by atoms with Gasteiger partial charge in [-0.05, 0) is 48.2 Å². The van der Waals surface area contributed by atoms with Crippen molar-refractivity contribution >= 4 is 16.5 Å². The number of rotatable bonds is 3. The van der Waals surface area contributed by atoms with Crippen LogP contribution in [0.15, 0.2) is 89.6 Å². The lowest BCUT2D eigenvalue weighted by molar-refractivity contribution is -0.137. The average Bonchev–Trinajstić information content (AvgIpc) is 2.88. The smallest absolute Gasteiger partial charge is 0.416 e. The standard InChI is InChI=1S/C29H24F3N3O/c1-3-20-17-36-28-25(12-9-19-8-10-21-15-33-34-16-22(21)13-19)18(2)7-11-26(28)27(20)35-24-6-4-5-23(14-24)29(30,31)32/h4-8,10-11,13-16,18,25,35H,3,17H2,1-2H3. The number of aromatic nitrogens is 2. The highest BCUT2D eigenvalue weighted by Gasteiger charge is 2.33. The molecule has 1 aliphatic heterocycles. The minimum Gasteiger partial charge on any atom is -0.491 e. The van der Waals surface area contributed by atoms with Crippen molar-refractivity contribution in [2.24, 2.45) is 11.8 Å². The Morgan fingerprint density at radius 2 is 1.89 bits per heavy atom. The van der Waals surface area contributed by atoms with Crippen molar-refractivity contribution in [3.05, 3.63) is 101 Å². The second-order valence-corrected chi connectivity index (χ2v) is 8.90. The molecule has 2 heterocycles. The van der Waals surface area contributed by atoms with Gasteiger partial charge < -0.3 is 10.1 Å². The van der Waals surface area contributed by atoms with Crippen molar-refractivity contribution in [1.82, 2.24) is 10.2 Å². The Bertz CT molecular complexity index is 1470. The molecular weight excluding hydrogens is 463 g/mol. The molecule has 0 bridgehead atoms. The molecule has 3 aromatic rings. The molecule has 36 heavy (non-hydrogen) atoms. The maximum Gasteiger partial charge on any atom is 0.416 e. The van der Waals surface area contributed by atoms with Gasteiger partial charge in [-0.25, -0.2) is 0 Å². The summed E-state index contributed by atoms with van der Waals surface area (Å²) in [7, 11) is 0. The Kier molecular flexibility index (Phi) is 6.27. The molecule has 2 aromatic carbocycles. The molecule has 2 atom stereocenters. The third-order valence-corrected chi connectivity index (χ3v) is 6.47. The highest BCUT2D eigenvalue weighted by molar-refractivity contribution is 5.82. The maximum atomic E-state index is 13.3. The summed E-state index contributed by atoms with van der Waals surface area (Å²) in [5.41, 5.74) is 3.17. The zero-order valence-corrected chi connectivity index (χ0v) is 19.9. The van der Waals surface area contributed by atoms with E-state index in [9.17, 15) is 13.2 Å². The van der Waals surface area contributed by atoms with Crippen LogP contribution in [0.4, 0.5) is 18.9 Å². The number of anilines is 1. The lowest BCUT2D eigenvalue weighted by Gasteiger charge is -2.33. The fraction of sp³-hybridized carbons (Fsp3) is 0.241. The number of hydrogen-bond acceptors (Lipinski definition) is 4. The molecule has 0 spiro atoms. The van der Waals surface area contributed by atoms with E-state index < -0.39 is 11.7 Å². The van der Waals surface area contributed by atoms with E-state index in [1.54, 1.807) is 18.5 Å². The summed E-state index contributed by atoms with van der Waals surface area (Å²) in [6, 6.07) is 11.2. The Morgan fingerprint density at radius 3 is 2.67 bits per heavy atom. The first kappa shape index (κ1) is 23.7. The van der Waals surface area contributed by atoms with Crippen molar-refractivity contribution in [3.63, 3.8) is 0 Å². The number of fused-ring (bicyclic) bond motifs is 1. The van der Waals surface area contributed by atoms with Crippen LogP contribution in [0.25, 0.3) is 10.8 Å². The molecule has 1 N–H and O–H groups in total. The minimum atomic E-state index is -4.41. The van der Waals surface area contributed by atoms with Crippen LogP contribution in [-0.2, 0) is 10.9 Å². The molecule has 4 nitrogen and oxygen atoms in total. The minimum absolute atomic E-state index is 0.112. The van der Waals surface area contributed by atoms with Gasteiger partial charge in [-0.15, -0.1) is 0 Å². The van der Waals surface area contributed by atoms with Gasteiger partial charge in [0.2, 0.25) is 0 Å². The van der Waals surface area contributed by atoms with E-state index in [2.05, 4.69) is 40.4 Å². The van der Waals surface area contributed by atoms with E-state index in [1.165, 1.54) is 6.07 Å². The van der Waals surface area contributed by atoms with Crippen LogP contribution >= 0.6 is 0 Å². The zero-order chi connectivity index (χ0) is 25.3. The van der Waals surface area contributed by atoms with Gasteiger partial charge in [-0.1, -0.05) is 50.0 Å². The zero-order valence-electron chi connectivity index (χ0n) is 19.9. The number of hydrogen-bond donors (Lipinski definition) is 1. The summed E-state index contributed by atoms with van der Waals surface area (Å²) in [6.07, 6.45) is 3.78. The first-order valence-corrected chi connectivity index (χ1v) is 11.8. The van der Waals surface area contributed by atoms with Gasteiger partial charge in [0.05, 0.1) is 29.6 Å². The van der Waals surface area contributed by atoms with Crippen LogP contribution in [0.3, 0.4) is 0 Å². The van der Waals surface area contributed by atoms with Crippen LogP contribution in [-0.4, -0.2) is 16.8 Å². The molecule has 0 amide bonds. The highest BCUT2D eigenvalue weighted by Crippen LogP contribution is 2.39. The van der Waals surface area contributed by atoms with Crippen molar-refractivity contribution in [2.75, 3.05) is 11.9 Å². The molecule has 2 aliphatic rings. The molecule has 7 heteroatoms. The van der Waals surface area contributed by atoms with Crippen molar-refractivity contribution < 1.29 is 17.9 Å². The number of halogens is 3. The summed E-state index contributed by atoms with van der Waals surface area (Å²) >= 11 is 0. The molecule has 0 saturated heterocycles. The lowest BCUT2D eigenvalue weighted by atomic mass is 9.82. The Morgan fingerprint density at radius 1 is 1.08 bits per heavy atom. The molecule has 182 valence electrons. The second-order valence-electron chi connectivity index (χ2n) is 8.90. The first-order chi connectivity index (χ1) is 17.3. The molecule has 0 fully saturated rings. The Labute approximate surface area is 207 Å². The highest BCUT2D eigenvalue weighted by atomic mass is 19.4. The molecule has 5 rings (SSSR count). The van der Waals surface area contributed by atoms with Gasteiger partial charge in [-0.2, -0.15) is 23.4 Å². The maximum absolute atomic E-state index is 13.3. The van der Waals surface area contributed by atoms with E-state index in [-0.39, 0.29) is 11.8 Å². The summed E-state index contributed by atoms with van der Waals surface area (Å²) < 4.78 is 46.0. The van der Waals surface area contributed by atoms with Crippen LogP contribution in [0, 0.1) is 23.7 Å². The van der Waals surface area contributed by atoms with E-state index >= 15 is 0 Å². The van der Waals surface area contributed by atoms with Crippen LogP contribution in [0.1, 0.15) is 31.4 Å². The van der Waals surface area contributed by atoms with Crippen LogP contribution in [0.2, 0.25) is 0 Å². The predicted octanol–water partition coefficient (Wildman–Crippen LogP) is 6.88. The van der Waals surface area contributed by atoms with Crippen LogP contribution in [0.5, 0.6) is 0 Å². The molecule has 1 aliphatic carbocycles. The summed E-state index contributed by atoms with van der Waals surface area (Å²) in [6.45, 7) is 4.45. The topological polar surface area (TPSA) is 47.0 Å². The number of benzene rings is 2. The molecule has 0 radical (unpaired) electrons. The summed E-state index contributed by atoms with van der Waals surface area (Å²) in [5, 5.41) is 13.0. The van der Waals surface area contributed by atoms with Gasteiger partial charge in [0.25, 0.3) is 0 Å². The molecule has 1 aromatic heterocycles. The van der Waals surface area contributed by atoms with E-state index in [4.69, 9.17) is 4.74 Å². The van der Waals surface area contributed by atoms with Gasteiger partial charge in [-0.3, -0.25) is 0 Å². The Hall–Kier alpha value is -4.05. The number of nitrogens with one attached hydrogen (secondary N) is 1. The average molecular weight is 488 g/mol. The van der Waals surface area contributed by atoms with Gasteiger partial charge in [0.15, 0.2) is 0 Å². The summed E-state index contributed by atoms with van der Waals surface area (Å²) in [5.74, 6) is 7.33. The van der Waals surface area contributed by atoms with Gasteiger partial charge in [0.1, 0.15) is 12.4 Å². The lowest BCUT2D eigenvalue weighted by Crippen LogP contribution is -2.25. The van der Waals surface area contributed by atoms with Gasteiger partial charge >= 0.3 is 6.18 Å². The second kappa shape index (κ2) is 9.54.